The Morgan fingerprint density at radius 3 is 1.78 bits per heavy atom. The summed E-state index contributed by atoms with van der Waals surface area (Å²) in [6.07, 6.45) is 9.78. The smallest absolute Gasteiger partial charge is 0.331 e. The second-order valence-electron chi connectivity index (χ2n) is 6.80. The van der Waals surface area contributed by atoms with Gasteiger partial charge in [-0.05, 0) is 12.8 Å². The molecule has 0 amide bonds. The highest BCUT2D eigenvalue weighted by molar-refractivity contribution is 5.95. The first kappa shape index (κ1) is 25.1. The number of ether oxygens (including phenoxy) is 2. The fourth-order valence-corrected chi connectivity index (χ4v) is 2.59. The molecular weight excluding hydrogens is 348 g/mol. The monoisotopic (exact) mass is 384 g/mol. The number of carboxylic acids is 1. The zero-order valence-corrected chi connectivity index (χ0v) is 17.0. The molecule has 0 aromatic heterocycles. The van der Waals surface area contributed by atoms with Crippen molar-refractivity contribution in [2.75, 3.05) is 13.2 Å². The lowest BCUT2D eigenvalue weighted by atomic mass is 9.97. The van der Waals surface area contributed by atoms with Gasteiger partial charge in [-0.1, -0.05) is 71.8 Å². The molecule has 156 valence electrons. The molecule has 0 saturated carbocycles. The molecule has 0 spiro atoms. The fourth-order valence-electron chi connectivity index (χ4n) is 2.59. The highest BCUT2D eigenvalue weighted by Gasteiger charge is 2.30. The van der Waals surface area contributed by atoms with Gasteiger partial charge in [0.25, 0.3) is 0 Å². The molecular formula is C21H36O6. The van der Waals surface area contributed by atoms with Gasteiger partial charge < -0.3 is 14.6 Å². The zero-order chi connectivity index (χ0) is 20.5. The molecule has 0 heterocycles. The summed E-state index contributed by atoms with van der Waals surface area (Å²) in [6, 6.07) is 0. The minimum atomic E-state index is -1.31. The summed E-state index contributed by atoms with van der Waals surface area (Å²) in [5, 5.41) is 9.12. The van der Waals surface area contributed by atoms with Gasteiger partial charge in [0.05, 0.1) is 25.6 Å². The van der Waals surface area contributed by atoms with Gasteiger partial charge in [0.2, 0.25) is 0 Å². The van der Waals surface area contributed by atoms with Crippen LogP contribution in [0.25, 0.3) is 0 Å². The summed E-state index contributed by atoms with van der Waals surface area (Å²) >= 11 is 0. The minimum Gasteiger partial charge on any atom is -0.478 e. The summed E-state index contributed by atoms with van der Waals surface area (Å²) in [6.45, 7) is 8.16. The maximum Gasteiger partial charge on any atom is 0.331 e. The largest absolute Gasteiger partial charge is 0.478 e. The van der Waals surface area contributed by atoms with Gasteiger partial charge in [0, 0.05) is 5.57 Å². The maximum atomic E-state index is 12.2. The third-order valence-corrected chi connectivity index (χ3v) is 4.35. The number of carboxylic acid groups (broad SMARTS) is 1. The number of carbonyl (C=O) groups is 3. The van der Waals surface area contributed by atoms with Gasteiger partial charge in [-0.2, -0.15) is 0 Å². The Morgan fingerprint density at radius 2 is 1.30 bits per heavy atom. The van der Waals surface area contributed by atoms with Gasteiger partial charge in [-0.25, -0.2) is 4.79 Å². The molecule has 6 nitrogen and oxygen atoms in total. The molecule has 0 aromatic carbocycles. The Hall–Kier alpha value is -1.85. The summed E-state index contributed by atoms with van der Waals surface area (Å²) in [7, 11) is 0. The number of aliphatic carboxylic acids is 1. The molecule has 6 heteroatoms. The Bertz CT molecular complexity index is 458. The lowest BCUT2D eigenvalue weighted by molar-refractivity contribution is -0.155. The van der Waals surface area contributed by atoms with Crippen LogP contribution in [-0.2, 0) is 23.9 Å². The zero-order valence-electron chi connectivity index (χ0n) is 17.0. The molecule has 0 aliphatic rings. The van der Waals surface area contributed by atoms with Crippen LogP contribution in [0.3, 0.4) is 0 Å². The minimum absolute atomic E-state index is 0.221. The first-order valence-electron chi connectivity index (χ1n) is 10.2. The molecule has 0 bridgehead atoms. The molecule has 0 fully saturated rings. The van der Waals surface area contributed by atoms with Crippen molar-refractivity contribution >= 4 is 17.9 Å². The second-order valence-corrected chi connectivity index (χ2v) is 6.80. The predicted octanol–water partition coefficient (Wildman–Crippen LogP) is 4.66. The molecule has 0 aliphatic heterocycles. The summed E-state index contributed by atoms with van der Waals surface area (Å²) in [5.74, 6) is -3.84. The van der Waals surface area contributed by atoms with Gasteiger partial charge in [0.1, 0.15) is 0 Å². The predicted molar refractivity (Wildman–Crippen MR) is 104 cm³/mol. The van der Waals surface area contributed by atoms with E-state index in [-0.39, 0.29) is 25.2 Å². The quantitative estimate of drug-likeness (QED) is 0.223. The molecule has 0 rings (SSSR count). The normalized spacial score (nSPS) is 11.6. The van der Waals surface area contributed by atoms with Crippen LogP contribution in [-0.4, -0.2) is 36.2 Å². The van der Waals surface area contributed by atoms with Crippen molar-refractivity contribution < 1.29 is 29.0 Å². The third-order valence-electron chi connectivity index (χ3n) is 4.35. The van der Waals surface area contributed by atoms with Crippen LogP contribution >= 0.6 is 0 Å². The average Bonchev–Trinajstić information content (AvgIpc) is 2.64. The molecule has 1 atom stereocenters. The standard InChI is InChI=1S/C21H36O6/c1-4-6-8-10-12-14-26-19(22)16-18(17(3)20(23)24)21(25)27-15-13-11-9-7-5-2/h18H,3-16H2,1-2H3,(H,23,24). The second kappa shape index (κ2) is 16.3. The van der Waals surface area contributed by atoms with Crippen LogP contribution in [0.15, 0.2) is 12.2 Å². The Labute approximate surface area is 163 Å². The number of esters is 2. The summed E-state index contributed by atoms with van der Waals surface area (Å²) < 4.78 is 10.3. The topological polar surface area (TPSA) is 89.9 Å². The van der Waals surface area contributed by atoms with E-state index in [4.69, 9.17) is 14.6 Å². The van der Waals surface area contributed by atoms with Crippen LogP contribution in [0.4, 0.5) is 0 Å². The Kier molecular flexibility index (Phi) is 15.2. The van der Waals surface area contributed by atoms with Crippen molar-refractivity contribution in [1.82, 2.24) is 0 Å². The van der Waals surface area contributed by atoms with E-state index >= 15 is 0 Å². The highest BCUT2D eigenvalue weighted by Crippen LogP contribution is 2.18. The lowest BCUT2D eigenvalue weighted by Crippen LogP contribution is -2.27. The molecule has 1 unspecified atom stereocenters. The van der Waals surface area contributed by atoms with Gasteiger partial charge in [-0.3, -0.25) is 9.59 Å². The van der Waals surface area contributed by atoms with Crippen molar-refractivity contribution in [2.45, 2.75) is 84.5 Å². The summed E-state index contributed by atoms with van der Waals surface area (Å²) in [4.78, 5) is 35.3. The van der Waals surface area contributed by atoms with E-state index in [2.05, 4.69) is 20.4 Å². The Morgan fingerprint density at radius 1 is 0.815 bits per heavy atom. The number of carbonyl (C=O) groups excluding carboxylic acids is 2. The van der Waals surface area contributed by atoms with Crippen molar-refractivity contribution in [1.29, 1.82) is 0 Å². The number of hydrogen-bond acceptors (Lipinski definition) is 5. The first-order valence-corrected chi connectivity index (χ1v) is 10.2. The van der Waals surface area contributed by atoms with E-state index in [1.54, 1.807) is 0 Å². The van der Waals surface area contributed by atoms with E-state index in [9.17, 15) is 14.4 Å². The summed E-state index contributed by atoms with van der Waals surface area (Å²) in [5.41, 5.74) is -0.342. The highest BCUT2D eigenvalue weighted by atomic mass is 16.5. The van der Waals surface area contributed by atoms with Gasteiger partial charge in [0.15, 0.2) is 0 Å². The van der Waals surface area contributed by atoms with Crippen LogP contribution in [0.1, 0.15) is 84.5 Å². The number of hydrogen-bond donors (Lipinski definition) is 1. The van der Waals surface area contributed by atoms with E-state index < -0.39 is 23.8 Å². The van der Waals surface area contributed by atoms with E-state index in [1.165, 1.54) is 0 Å². The van der Waals surface area contributed by atoms with Crippen molar-refractivity contribution in [2.24, 2.45) is 5.92 Å². The third kappa shape index (κ3) is 13.0. The fraction of sp³-hybridized carbons (Fsp3) is 0.762. The van der Waals surface area contributed by atoms with Crippen LogP contribution in [0.2, 0.25) is 0 Å². The van der Waals surface area contributed by atoms with Crippen LogP contribution in [0.5, 0.6) is 0 Å². The molecule has 0 saturated heterocycles. The van der Waals surface area contributed by atoms with Crippen molar-refractivity contribution in [3.8, 4) is 0 Å². The first-order chi connectivity index (χ1) is 12.9. The molecule has 0 aromatic rings. The van der Waals surface area contributed by atoms with Crippen molar-refractivity contribution in [3.05, 3.63) is 12.2 Å². The molecule has 27 heavy (non-hydrogen) atoms. The Balaban J connectivity index is 4.34. The van der Waals surface area contributed by atoms with E-state index in [1.807, 2.05) is 0 Å². The van der Waals surface area contributed by atoms with Crippen molar-refractivity contribution in [3.63, 3.8) is 0 Å². The maximum absolute atomic E-state index is 12.2. The van der Waals surface area contributed by atoms with Crippen LogP contribution in [0, 0.1) is 5.92 Å². The van der Waals surface area contributed by atoms with E-state index in [0.29, 0.717) is 0 Å². The molecule has 0 radical (unpaired) electrons. The van der Waals surface area contributed by atoms with Gasteiger partial charge in [-0.15, -0.1) is 0 Å². The molecule has 1 N–H and O–H groups in total. The van der Waals surface area contributed by atoms with Gasteiger partial charge >= 0.3 is 17.9 Å². The SMILES string of the molecule is C=C(C(=O)O)C(CC(=O)OCCCCCCC)C(=O)OCCCCCCC. The number of rotatable bonds is 17. The number of unbranched alkanes of at least 4 members (excludes halogenated alkanes) is 8. The van der Waals surface area contributed by atoms with Crippen LogP contribution < -0.4 is 0 Å². The molecule has 0 aliphatic carbocycles. The average molecular weight is 385 g/mol. The van der Waals surface area contributed by atoms with E-state index in [0.717, 1.165) is 64.2 Å². The lowest BCUT2D eigenvalue weighted by Gasteiger charge is -2.15.